The Hall–Kier alpha value is -2.64. The van der Waals surface area contributed by atoms with Gasteiger partial charge in [-0.05, 0) is 20.8 Å². The van der Waals surface area contributed by atoms with Crippen molar-refractivity contribution in [1.29, 1.82) is 0 Å². The van der Waals surface area contributed by atoms with Gasteiger partial charge in [-0.3, -0.25) is 4.68 Å². The molecular formula is C15H20N6O2. The van der Waals surface area contributed by atoms with Crippen LogP contribution in [0.3, 0.4) is 0 Å². The molecule has 122 valence electrons. The third-order valence-corrected chi connectivity index (χ3v) is 3.51. The summed E-state index contributed by atoms with van der Waals surface area (Å²) in [6.07, 6.45) is 4.77. The lowest BCUT2D eigenvalue weighted by Gasteiger charge is -2.30. The molecule has 3 rings (SSSR count). The van der Waals surface area contributed by atoms with Crippen LogP contribution < -0.4 is 5.73 Å². The molecule has 0 aliphatic carbocycles. The minimum absolute atomic E-state index is 0.227. The molecule has 2 N–H and O–H groups in total. The van der Waals surface area contributed by atoms with E-state index in [-0.39, 0.29) is 12.0 Å². The molecular weight excluding hydrogens is 296 g/mol. The van der Waals surface area contributed by atoms with E-state index in [1.807, 2.05) is 25.5 Å². The Morgan fingerprint density at radius 1 is 1.22 bits per heavy atom. The highest BCUT2D eigenvalue weighted by molar-refractivity contribution is 5.70. The largest absolute Gasteiger partial charge is 0.444 e. The van der Waals surface area contributed by atoms with Crippen LogP contribution in [0.5, 0.6) is 0 Å². The summed E-state index contributed by atoms with van der Waals surface area (Å²) < 4.78 is 7.34. The molecule has 0 spiro atoms. The molecule has 1 amide bonds. The molecule has 0 saturated carbocycles. The van der Waals surface area contributed by atoms with Crippen molar-refractivity contribution in [2.75, 3.05) is 12.3 Å². The number of rotatable bonds is 1. The number of carbonyl (C=O) groups is 1. The van der Waals surface area contributed by atoms with Crippen molar-refractivity contribution in [3.63, 3.8) is 0 Å². The number of fused-ring (bicyclic) bond motifs is 1. The molecule has 8 nitrogen and oxygen atoms in total. The van der Waals surface area contributed by atoms with Crippen LogP contribution >= 0.6 is 0 Å². The van der Waals surface area contributed by atoms with Crippen LogP contribution in [0.2, 0.25) is 0 Å². The molecule has 0 fully saturated rings. The summed E-state index contributed by atoms with van der Waals surface area (Å²) >= 11 is 0. The Kier molecular flexibility index (Phi) is 3.67. The van der Waals surface area contributed by atoms with Crippen molar-refractivity contribution in [3.05, 3.63) is 24.3 Å². The molecule has 0 saturated heterocycles. The number of nitrogens with two attached hydrogens (primary N) is 1. The van der Waals surface area contributed by atoms with Gasteiger partial charge < -0.3 is 15.4 Å². The molecule has 2 aromatic rings. The number of hydrogen-bond acceptors (Lipinski definition) is 6. The van der Waals surface area contributed by atoms with Gasteiger partial charge in [0.1, 0.15) is 5.60 Å². The first kappa shape index (κ1) is 15.3. The summed E-state index contributed by atoms with van der Waals surface area (Å²) in [5.41, 5.74) is 7.68. The Bertz CT molecular complexity index is 717. The normalized spacial score (nSPS) is 14.5. The molecule has 0 bridgehead atoms. The lowest BCUT2D eigenvalue weighted by molar-refractivity contribution is 0.0195. The van der Waals surface area contributed by atoms with Gasteiger partial charge in [0.15, 0.2) is 0 Å². The van der Waals surface area contributed by atoms with E-state index in [4.69, 9.17) is 10.5 Å². The number of amides is 1. The molecule has 23 heavy (non-hydrogen) atoms. The van der Waals surface area contributed by atoms with E-state index in [9.17, 15) is 4.79 Å². The van der Waals surface area contributed by atoms with E-state index in [1.165, 1.54) is 0 Å². The van der Waals surface area contributed by atoms with E-state index >= 15 is 0 Å². The van der Waals surface area contributed by atoms with Crippen molar-refractivity contribution < 1.29 is 9.53 Å². The fourth-order valence-electron chi connectivity index (χ4n) is 2.45. The molecule has 0 aromatic carbocycles. The highest BCUT2D eigenvalue weighted by atomic mass is 16.6. The molecule has 1 aliphatic heterocycles. The highest BCUT2D eigenvalue weighted by Crippen LogP contribution is 2.26. The number of ether oxygens (including phenoxy) is 1. The zero-order valence-corrected chi connectivity index (χ0v) is 13.5. The van der Waals surface area contributed by atoms with Gasteiger partial charge in [0, 0.05) is 30.1 Å². The molecule has 8 heteroatoms. The SMILES string of the molecule is CC(C)(C)OC(=O)N1CCn2ncc(-c3cnc(N)nc3)c2C1. The van der Waals surface area contributed by atoms with Crippen molar-refractivity contribution in [3.8, 4) is 11.1 Å². The molecule has 3 heterocycles. The van der Waals surface area contributed by atoms with Crippen LogP contribution in [0.25, 0.3) is 11.1 Å². The predicted octanol–water partition coefficient (Wildman–Crippen LogP) is 1.67. The lowest BCUT2D eigenvalue weighted by atomic mass is 10.1. The fraction of sp³-hybridized carbons (Fsp3) is 0.467. The fourth-order valence-corrected chi connectivity index (χ4v) is 2.45. The Labute approximate surface area is 134 Å². The van der Waals surface area contributed by atoms with Crippen molar-refractivity contribution in [2.45, 2.75) is 39.5 Å². The van der Waals surface area contributed by atoms with Gasteiger partial charge in [-0.1, -0.05) is 0 Å². The van der Waals surface area contributed by atoms with Crippen LogP contribution in [-0.2, 0) is 17.8 Å². The van der Waals surface area contributed by atoms with Crippen LogP contribution in [0.1, 0.15) is 26.5 Å². The van der Waals surface area contributed by atoms with E-state index in [2.05, 4.69) is 15.1 Å². The van der Waals surface area contributed by atoms with Crippen LogP contribution in [0, 0.1) is 0 Å². The van der Waals surface area contributed by atoms with Crippen LogP contribution in [0.4, 0.5) is 10.7 Å². The minimum atomic E-state index is -0.512. The molecule has 2 aromatic heterocycles. The third-order valence-electron chi connectivity index (χ3n) is 3.51. The quantitative estimate of drug-likeness (QED) is 0.859. The average Bonchev–Trinajstić information content (AvgIpc) is 2.89. The second kappa shape index (κ2) is 5.53. The highest BCUT2D eigenvalue weighted by Gasteiger charge is 2.28. The standard InChI is InChI=1S/C15H20N6O2/c1-15(2,3)23-14(22)20-4-5-21-12(9-20)11(8-19-21)10-6-17-13(16)18-7-10/h6-8H,4-5,9H2,1-3H3,(H2,16,17,18). The first-order valence-electron chi connectivity index (χ1n) is 7.44. The summed E-state index contributed by atoms with van der Waals surface area (Å²) in [7, 11) is 0. The van der Waals surface area contributed by atoms with E-state index in [1.54, 1.807) is 23.5 Å². The summed E-state index contributed by atoms with van der Waals surface area (Å²) in [5, 5.41) is 4.37. The smallest absolute Gasteiger partial charge is 0.410 e. The number of aromatic nitrogens is 4. The molecule has 0 unspecified atom stereocenters. The minimum Gasteiger partial charge on any atom is -0.444 e. The van der Waals surface area contributed by atoms with Gasteiger partial charge in [-0.25, -0.2) is 14.8 Å². The predicted molar refractivity (Wildman–Crippen MR) is 84.3 cm³/mol. The zero-order valence-electron chi connectivity index (χ0n) is 13.5. The maximum atomic E-state index is 12.3. The number of nitrogen functional groups attached to an aromatic ring is 1. The molecule has 0 atom stereocenters. The first-order valence-corrected chi connectivity index (χ1v) is 7.44. The lowest BCUT2D eigenvalue weighted by Crippen LogP contribution is -2.41. The van der Waals surface area contributed by atoms with Gasteiger partial charge in [0.05, 0.1) is 25.0 Å². The summed E-state index contributed by atoms with van der Waals surface area (Å²) in [4.78, 5) is 22.0. The van der Waals surface area contributed by atoms with E-state index < -0.39 is 5.60 Å². The van der Waals surface area contributed by atoms with Gasteiger partial charge >= 0.3 is 6.09 Å². The summed E-state index contributed by atoms with van der Waals surface area (Å²) in [6, 6.07) is 0. The van der Waals surface area contributed by atoms with Crippen LogP contribution in [0.15, 0.2) is 18.6 Å². The first-order chi connectivity index (χ1) is 10.8. The topological polar surface area (TPSA) is 99.2 Å². The van der Waals surface area contributed by atoms with Crippen molar-refractivity contribution in [2.24, 2.45) is 0 Å². The monoisotopic (exact) mass is 316 g/mol. The van der Waals surface area contributed by atoms with Gasteiger partial charge in [-0.15, -0.1) is 0 Å². The molecule has 0 radical (unpaired) electrons. The number of hydrogen-bond donors (Lipinski definition) is 1. The maximum Gasteiger partial charge on any atom is 0.410 e. The van der Waals surface area contributed by atoms with Crippen LogP contribution in [-0.4, -0.2) is 42.9 Å². The zero-order chi connectivity index (χ0) is 16.6. The van der Waals surface area contributed by atoms with Crippen molar-refractivity contribution in [1.82, 2.24) is 24.6 Å². The number of carbonyl (C=O) groups excluding carboxylic acids is 1. The maximum absolute atomic E-state index is 12.3. The Balaban J connectivity index is 1.84. The second-order valence-electron chi connectivity index (χ2n) is 6.46. The summed E-state index contributed by atoms with van der Waals surface area (Å²) in [6.45, 7) is 7.21. The van der Waals surface area contributed by atoms with Crippen molar-refractivity contribution >= 4 is 12.0 Å². The molecule has 1 aliphatic rings. The van der Waals surface area contributed by atoms with E-state index in [0.717, 1.165) is 16.8 Å². The van der Waals surface area contributed by atoms with Gasteiger partial charge in [0.2, 0.25) is 5.95 Å². The Morgan fingerprint density at radius 3 is 2.57 bits per heavy atom. The average molecular weight is 316 g/mol. The summed E-state index contributed by atoms with van der Waals surface area (Å²) in [5.74, 6) is 0.227. The van der Waals surface area contributed by atoms with Gasteiger partial charge in [0.25, 0.3) is 0 Å². The van der Waals surface area contributed by atoms with E-state index in [0.29, 0.717) is 19.6 Å². The second-order valence-corrected chi connectivity index (χ2v) is 6.46. The third kappa shape index (κ3) is 3.25. The number of nitrogens with zero attached hydrogens (tertiary/aromatic N) is 5. The Morgan fingerprint density at radius 2 is 1.91 bits per heavy atom. The number of anilines is 1. The van der Waals surface area contributed by atoms with Gasteiger partial charge in [-0.2, -0.15) is 5.10 Å².